The molecule has 1 fully saturated rings. The number of aryl methyl sites for hydroxylation is 1. The summed E-state index contributed by atoms with van der Waals surface area (Å²) in [5.74, 6) is -0.394. The third kappa shape index (κ3) is 2.92. The predicted molar refractivity (Wildman–Crippen MR) is 57.1 cm³/mol. The van der Waals surface area contributed by atoms with Crippen molar-refractivity contribution in [2.75, 3.05) is 5.75 Å². The zero-order valence-corrected chi connectivity index (χ0v) is 9.65. The summed E-state index contributed by atoms with van der Waals surface area (Å²) in [4.78, 5) is 11.0. The number of carboxylic acids is 1. The van der Waals surface area contributed by atoms with Crippen molar-refractivity contribution >= 4 is 17.7 Å². The van der Waals surface area contributed by atoms with E-state index in [0.29, 0.717) is 17.0 Å². The molecule has 1 aromatic rings. The first-order valence-corrected chi connectivity index (χ1v) is 5.99. The highest BCUT2D eigenvalue weighted by atomic mass is 32.2. The second-order valence-corrected chi connectivity index (χ2v) is 4.71. The first-order valence-electron chi connectivity index (χ1n) is 5.01. The molecule has 1 saturated carbocycles. The third-order valence-electron chi connectivity index (χ3n) is 2.27. The van der Waals surface area contributed by atoms with Crippen molar-refractivity contribution in [1.29, 1.82) is 0 Å². The van der Waals surface area contributed by atoms with Crippen LogP contribution in [0.15, 0.2) is 5.16 Å². The molecule has 1 atom stereocenters. The van der Waals surface area contributed by atoms with E-state index >= 15 is 0 Å². The van der Waals surface area contributed by atoms with Crippen LogP contribution < -0.4 is 5.32 Å². The number of aromatic nitrogens is 4. The summed E-state index contributed by atoms with van der Waals surface area (Å²) in [7, 11) is 1.73. The Bertz CT molecular complexity index is 378. The fourth-order valence-corrected chi connectivity index (χ4v) is 2.10. The lowest BCUT2D eigenvalue weighted by atomic mass is 10.3. The number of nitrogens with zero attached hydrogens (tertiary/aromatic N) is 4. The smallest absolute Gasteiger partial charge is 0.321 e. The Balaban J connectivity index is 1.85. The standard InChI is InChI=1S/C8H13N5O2S/c1-13-8(10-11-12-13)16-4-6(7(14)15)9-5-2-3-5/h5-6,9H,2-4H2,1H3,(H,14,15). The lowest BCUT2D eigenvalue weighted by Crippen LogP contribution is -2.40. The largest absolute Gasteiger partial charge is 0.480 e. The number of tetrazole rings is 1. The molecular formula is C8H13N5O2S. The van der Waals surface area contributed by atoms with Crippen molar-refractivity contribution in [2.24, 2.45) is 7.05 Å². The Morgan fingerprint density at radius 1 is 1.75 bits per heavy atom. The maximum atomic E-state index is 11.0. The Hall–Kier alpha value is -1.15. The lowest BCUT2D eigenvalue weighted by molar-refractivity contribution is -0.138. The van der Waals surface area contributed by atoms with E-state index in [0.717, 1.165) is 12.8 Å². The van der Waals surface area contributed by atoms with Gasteiger partial charge in [-0.05, 0) is 23.3 Å². The number of rotatable bonds is 6. The molecular weight excluding hydrogens is 230 g/mol. The van der Waals surface area contributed by atoms with E-state index in [1.807, 2.05) is 0 Å². The van der Waals surface area contributed by atoms with Gasteiger partial charge in [0.15, 0.2) is 0 Å². The molecule has 1 unspecified atom stereocenters. The molecule has 8 heteroatoms. The summed E-state index contributed by atoms with van der Waals surface area (Å²) in [5, 5.41) is 23.7. The normalized spacial score (nSPS) is 17.3. The maximum Gasteiger partial charge on any atom is 0.321 e. The minimum absolute atomic E-state index is 0.374. The van der Waals surface area contributed by atoms with Crippen LogP contribution in [0.1, 0.15) is 12.8 Å². The first-order chi connectivity index (χ1) is 7.66. The Kier molecular flexibility index (Phi) is 3.39. The summed E-state index contributed by atoms with van der Waals surface area (Å²) in [6.45, 7) is 0. The van der Waals surface area contributed by atoms with Crippen LogP contribution in [0, 0.1) is 0 Å². The van der Waals surface area contributed by atoms with Gasteiger partial charge in [0.05, 0.1) is 0 Å². The van der Waals surface area contributed by atoms with Gasteiger partial charge in [-0.15, -0.1) is 5.10 Å². The fraction of sp³-hybridized carbons (Fsp3) is 0.750. The van der Waals surface area contributed by atoms with Gasteiger partial charge in [-0.2, -0.15) is 0 Å². The van der Waals surface area contributed by atoms with Gasteiger partial charge in [-0.1, -0.05) is 11.8 Å². The average Bonchev–Trinajstić information content (AvgIpc) is 2.96. The van der Waals surface area contributed by atoms with Crippen molar-refractivity contribution in [3.63, 3.8) is 0 Å². The Morgan fingerprint density at radius 2 is 2.50 bits per heavy atom. The number of carboxylic acid groups (broad SMARTS) is 1. The topological polar surface area (TPSA) is 92.9 Å². The molecule has 16 heavy (non-hydrogen) atoms. The van der Waals surface area contributed by atoms with Gasteiger partial charge < -0.3 is 10.4 Å². The number of hydrogen-bond donors (Lipinski definition) is 2. The Labute approximate surface area is 96.6 Å². The van der Waals surface area contributed by atoms with E-state index in [-0.39, 0.29) is 0 Å². The average molecular weight is 243 g/mol. The van der Waals surface area contributed by atoms with Crippen LogP contribution in [0.25, 0.3) is 0 Å². The second-order valence-electron chi connectivity index (χ2n) is 3.73. The van der Waals surface area contributed by atoms with Crippen molar-refractivity contribution < 1.29 is 9.90 Å². The first kappa shape index (κ1) is 11.3. The molecule has 88 valence electrons. The van der Waals surface area contributed by atoms with Gasteiger partial charge in [0.1, 0.15) is 6.04 Å². The Morgan fingerprint density at radius 3 is 3.00 bits per heavy atom. The van der Waals surface area contributed by atoms with Crippen molar-refractivity contribution in [1.82, 2.24) is 25.5 Å². The molecule has 0 aliphatic heterocycles. The van der Waals surface area contributed by atoms with E-state index in [4.69, 9.17) is 5.11 Å². The van der Waals surface area contributed by atoms with Gasteiger partial charge in [0, 0.05) is 18.8 Å². The van der Waals surface area contributed by atoms with Crippen LogP contribution in [0.4, 0.5) is 0 Å². The van der Waals surface area contributed by atoms with Crippen LogP contribution in [-0.2, 0) is 11.8 Å². The third-order valence-corrected chi connectivity index (χ3v) is 3.38. The van der Waals surface area contributed by atoms with Crippen LogP contribution in [-0.4, -0.2) is 49.1 Å². The molecule has 1 aromatic heterocycles. The van der Waals surface area contributed by atoms with E-state index in [2.05, 4.69) is 20.8 Å². The highest BCUT2D eigenvalue weighted by molar-refractivity contribution is 7.99. The summed E-state index contributed by atoms with van der Waals surface area (Å²) in [6, 6.07) is -0.159. The lowest BCUT2D eigenvalue weighted by Gasteiger charge is -2.12. The second kappa shape index (κ2) is 4.79. The zero-order valence-electron chi connectivity index (χ0n) is 8.83. The zero-order chi connectivity index (χ0) is 11.5. The molecule has 1 aliphatic carbocycles. The van der Waals surface area contributed by atoms with Crippen LogP contribution in [0.3, 0.4) is 0 Å². The molecule has 0 saturated heterocycles. The van der Waals surface area contributed by atoms with Gasteiger partial charge in [0.2, 0.25) is 5.16 Å². The highest BCUT2D eigenvalue weighted by Crippen LogP contribution is 2.21. The summed E-state index contributed by atoms with van der Waals surface area (Å²) >= 11 is 1.34. The van der Waals surface area contributed by atoms with Crippen LogP contribution in [0.5, 0.6) is 0 Å². The summed E-state index contributed by atoms with van der Waals surface area (Å²) in [6.07, 6.45) is 2.14. The number of thioether (sulfide) groups is 1. The number of carbonyl (C=O) groups is 1. The van der Waals surface area contributed by atoms with Crippen molar-refractivity contribution in [2.45, 2.75) is 30.1 Å². The predicted octanol–water partition coefficient (Wildman–Crippen LogP) is -0.493. The molecule has 0 radical (unpaired) electrons. The molecule has 0 spiro atoms. The minimum Gasteiger partial charge on any atom is -0.480 e. The van der Waals surface area contributed by atoms with Gasteiger partial charge >= 0.3 is 5.97 Å². The summed E-state index contributed by atoms with van der Waals surface area (Å²) in [5.41, 5.74) is 0. The van der Waals surface area contributed by atoms with E-state index in [1.54, 1.807) is 7.05 Å². The van der Waals surface area contributed by atoms with E-state index in [9.17, 15) is 4.79 Å². The monoisotopic (exact) mass is 243 g/mol. The van der Waals surface area contributed by atoms with Crippen molar-refractivity contribution in [3.05, 3.63) is 0 Å². The molecule has 0 bridgehead atoms. The minimum atomic E-state index is -0.825. The number of aliphatic carboxylic acids is 1. The quantitative estimate of drug-likeness (QED) is 0.651. The SMILES string of the molecule is Cn1nnnc1SCC(NC1CC1)C(=O)O. The van der Waals surface area contributed by atoms with Gasteiger partial charge in [0.25, 0.3) is 0 Å². The molecule has 1 heterocycles. The van der Waals surface area contributed by atoms with Crippen LogP contribution >= 0.6 is 11.8 Å². The molecule has 2 N–H and O–H groups in total. The number of hydrogen-bond acceptors (Lipinski definition) is 6. The number of nitrogens with one attached hydrogen (secondary N) is 1. The fourth-order valence-electron chi connectivity index (χ4n) is 1.23. The molecule has 2 rings (SSSR count). The van der Waals surface area contributed by atoms with Crippen molar-refractivity contribution in [3.8, 4) is 0 Å². The summed E-state index contributed by atoms with van der Waals surface area (Å²) < 4.78 is 1.53. The van der Waals surface area contributed by atoms with E-state index in [1.165, 1.54) is 16.4 Å². The molecule has 0 aromatic carbocycles. The van der Waals surface area contributed by atoms with Gasteiger partial charge in [-0.25, -0.2) is 4.68 Å². The molecule has 0 amide bonds. The van der Waals surface area contributed by atoms with Gasteiger partial charge in [-0.3, -0.25) is 4.79 Å². The highest BCUT2D eigenvalue weighted by Gasteiger charge is 2.28. The van der Waals surface area contributed by atoms with Crippen LogP contribution in [0.2, 0.25) is 0 Å². The maximum absolute atomic E-state index is 11.0. The molecule has 7 nitrogen and oxygen atoms in total. The van der Waals surface area contributed by atoms with E-state index < -0.39 is 12.0 Å². The molecule has 1 aliphatic rings.